The highest BCUT2D eigenvalue weighted by molar-refractivity contribution is 9.10. The van der Waals surface area contributed by atoms with Crippen LogP contribution in [-0.2, 0) is 18.4 Å². The van der Waals surface area contributed by atoms with Gasteiger partial charge >= 0.3 is 0 Å². The Morgan fingerprint density at radius 2 is 1.95 bits per heavy atom. The maximum absolute atomic E-state index is 12.2. The number of carbonyl (C=O) groups is 2. The standard InChI is InChI=1S/C14H11Br2N3O2/c1-7-12(16)11(18(2)17-7)6-19-10-5-8(15)3-4-9(10)13(20)14(19)21/h3-5H,6H2,1-2H3. The molecule has 1 aromatic carbocycles. The van der Waals surface area contributed by atoms with Crippen LogP contribution in [0.15, 0.2) is 27.1 Å². The smallest absolute Gasteiger partial charge is 0.299 e. The topological polar surface area (TPSA) is 55.2 Å². The molecule has 0 aliphatic carbocycles. The molecule has 0 saturated carbocycles. The number of rotatable bonds is 2. The highest BCUT2D eigenvalue weighted by atomic mass is 79.9. The highest BCUT2D eigenvalue weighted by Gasteiger charge is 2.36. The number of aromatic nitrogens is 2. The van der Waals surface area contributed by atoms with E-state index in [0.717, 1.165) is 20.3 Å². The summed E-state index contributed by atoms with van der Waals surface area (Å²) in [5, 5.41) is 4.31. The van der Waals surface area contributed by atoms with Crippen LogP contribution in [0.1, 0.15) is 21.7 Å². The van der Waals surface area contributed by atoms with E-state index in [0.29, 0.717) is 17.8 Å². The van der Waals surface area contributed by atoms with E-state index in [1.165, 1.54) is 4.90 Å². The van der Waals surface area contributed by atoms with E-state index in [9.17, 15) is 9.59 Å². The first-order valence-electron chi connectivity index (χ1n) is 6.24. The van der Waals surface area contributed by atoms with Gasteiger partial charge < -0.3 is 0 Å². The molecule has 108 valence electrons. The van der Waals surface area contributed by atoms with Crippen LogP contribution in [0.2, 0.25) is 0 Å². The lowest BCUT2D eigenvalue weighted by molar-refractivity contribution is -0.114. The molecule has 0 spiro atoms. The fourth-order valence-corrected chi connectivity index (χ4v) is 3.24. The molecular formula is C14H11Br2N3O2. The Balaban J connectivity index is 2.06. The molecule has 0 N–H and O–H groups in total. The number of nitrogens with zero attached hydrogens (tertiary/aromatic N) is 3. The molecule has 1 aliphatic heterocycles. The summed E-state index contributed by atoms with van der Waals surface area (Å²) in [5.74, 6) is -0.971. The first kappa shape index (κ1) is 14.5. The van der Waals surface area contributed by atoms with Crippen LogP contribution in [0.3, 0.4) is 0 Å². The Labute approximate surface area is 138 Å². The number of anilines is 1. The largest absolute Gasteiger partial charge is 0.299 e. The van der Waals surface area contributed by atoms with Gasteiger partial charge in [-0.15, -0.1) is 0 Å². The van der Waals surface area contributed by atoms with Gasteiger partial charge in [0.15, 0.2) is 0 Å². The van der Waals surface area contributed by atoms with Crippen LogP contribution in [0, 0.1) is 6.92 Å². The van der Waals surface area contributed by atoms with Gasteiger partial charge in [0.1, 0.15) is 0 Å². The van der Waals surface area contributed by atoms with Crippen molar-refractivity contribution in [1.82, 2.24) is 9.78 Å². The summed E-state index contributed by atoms with van der Waals surface area (Å²) >= 11 is 6.86. The van der Waals surface area contributed by atoms with E-state index < -0.39 is 11.7 Å². The Morgan fingerprint density at radius 1 is 1.24 bits per heavy atom. The van der Waals surface area contributed by atoms with Gasteiger partial charge in [-0.05, 0) is 41.1 Å². The summed E-state index contributed by atoms with van der Waals surface area (Å²) in [6, 6.07) is 5.22. The van der Waals surface area contributed by atoms with E-state index in [1.807, 2.05) is 14.0 Å². The molecule has 3 rings (SSSR count). The Morgan fingerprint density at radius 3 is 2.57 bits per heavy atom. The van der Waals surface area contributed by atoms with E-state index in [2.05, 4.69) is 37.0 Å². The van der Waals surface area contributed by atoms with Gasteiger partial charge in [-0.2, -0.15) is 5.10 Å². The van der Waals surface area contributed by atoms with Crippen molar-refractivity contribution >= 4 is 49.2 Å². The van der Waals surface area contributed by atoms with E-state index in [4.69, 9.17) is 0 Å². The Hall–Kier alpha value is -1.47. The molecular weight excluding hydrogens is 402 g/mol. The molecule has 1 amide bonds. The number of aryl methyl sites for hydroxylation is 2. The molecule has 0 saturated heterocycles. The zero-order valence-electron chi connectivity index (χ0n) is 11.4. The summed E-state index contributed by atoms with van der Waals surface area (Å²) in [6.45, 7) is 2.18. The third-order valence-electron chi connectivity index (χ3n) is 3.50. The minimum absolute atomic E-state index is 0.298. The van der Waals surface area contributed by atoms with Crippen LogP contribution in [-0.4, -0.2) is 21.5 Å². The fourth-order valence-electron chi connectivity index (χ4n) is 2.43. The second kappa shape index (κ2) is 5.06. The zero-order valence-corrected chi connectivity index (χ0v) is 14.5. The number of amides is 1. The lowest BCUT2D eigenvalue weighted by Gasteiger charge is -2.17. The minimum Gasteiger partial charge on any atom is -0.299 e. The quantitative estimate of drug-likeness (QED) is 0.712. The number of benzene rings is 1. The van der Waals surface area contributed by atoms with Crippen LogP contribution in [0.4, 0.5) is 5.69 Å². The number of fused-ring (bicyclic) bond motifs is 1. The zero-order chi connectivity index (χ0) is 15.3. The monoisotopic (exact) mass is 411 g/mol. The maximum Gasteiger partial charge on any atom is 0.299 e. The van der Waals surface area contributed by atoms with Gasteiger partial charge in [0.05, 0.1) is 33.7 Å². The predicted molar refractivity (Wildman–Crippen MR) is 85.3 cm³/mol. The van der Waals surface area contributed by atoms with Crippen molar-refractivity contribution in [2.75, 3.05) is 4.90 Å². The summed E-state index contributed by atoms with van der Waals surface area (Å²) in [4.78, 5) is 25.8. The third-order valence-corrected chi connectivity index (χ3v) is 5.03. The van der Waals surface area contributed by atoms with Crippen molar-refractivity contribution in [3.8, 4) is 0 Å². The summed E-state index contributed by atoms with van der Waals surface area (Å²) in [6.07, 6.45) is 0. The molecule has 5 nitrogen and oxygen atoms in total. The van der Waals surface area contributed by atoms with Crippen molar-refractivity contribution in [2.24, 2.45) is 7.05 Å². The van der Waals surface area contributed by atoms with E-state index in [1.54, 1.807) is 22.9 Å². The lowest BCUT2D eigenvalue weighted by atomic mass is 10.1. The number of halogens is 2. The van der Waals surface area contributed by atoms with Crippen LogP contribution in [0.25, 0.3) is 0 Å². The molecule has 0 unspecified atom stereocenters. The molecule has 7 heteroatoms. The Bertz CT molecular complexity index is 783. The molecule has 0 fully saturated rings. The number of Topliss-reactive ketones (excluding diaryl/α,β-unsaturated/α-hetero) is 1. The molecule has 0 atom stereocenters. The third kappa shape index (κ3) is 2.24. The summed E-state index contributed by atoms with van der Waals surface area (Å²) in [5.41, 5.74) is 2.77. The average molecular weight is 413 g/mol. The van der Waals surface area contributed by atoms with Crippen molar-refractivity contribution < 1.29 is 9.59 Å². The van der Waals surface area contributed by atoms with Crippen molar-refractivity contribution in [3.63, 3.8) is 0 Å². The Kier molecular flexibility index (Phi) is 3.49. The minimum atomic E-state index is -0.506. The van der Waals surface area contributed by atoms with Crippen LogP contribution in [0.5, 0.6) is 0 Å². The SMILES string of the molecule is Cc1nn(C)c(CN2C(=O)C(=O)c3ccc(Br)cc32)c1Br. The molecule has 2 heterocycles. The lowest BCUT2D eigenvalue weighted by Crippen LogP contribution is -2.30. The maximum atomic E-state index is 12.2. The normalized spacial score (nSPS) is 14.0. The fraction of sp³-hybridized carbons (Fsp3) is 0.214. The summed E-state index contributed by atoms with van der Waals surface area (Å²) in [7, 11) is 1.82. The molecule has 2 aromatic rings. The molecule has 0 bridgehead atoms. The van der Waals surface area contributed by atoms with Gasteiger partial charge in [-0.25, -0.2) is 0 Å². The van der Waals surface area contributed by atoms with Gasteiger partial charge in [-0.3, -0.25) is 19.2 Å². The van der Waals surface area contributed by atoms with Gasteiger partial charge in [-0.1, -0.05) is 15.9 Å². The first-order valence-corrected chi connectivity index (χ1v) is 7.82. The molecule has 0 radical (unpaired) electrons. The van der Waals surface area contributed by atoms with Crippen molar-refractivity contribution in [2.45, 2.75) is 13.5 Å². The molecule has 1 aliphatic rings. The number of hydrogen-bond acceptors (Lipinski definition) is 3. The average Bonchev–Trinajstić information content (AvgIpc) is 2.81. The first-order chi connectivity index (χ1) is 9.90. The highest BCUT2D eigenvalue weighted by Crippen LogP contribution is 2.34. The van der Waals surface area contributed by atoms with Crippen molar-refractivity contribution in [3.05, 3.63) is 44.1 Å². The van der Waals surface area contributed by atoms with Crippen molar-refractivity contribution in [1.29, 1.82) is 0 Å². The number of ketones is 1. The number of carbonyl (C=O) groups excluding carboxylic acids is 2. The predicted octanol–water partition coefficient (Wildman–Crippen LogP) is 2.98. The van der Waals surface area contributed by atoms with Crippen LogP contribution < -0.4 is 4.90 Å². The summed E-state index contributed by atoms with van der Waals surface area (Å²) < 4.78 is 3.40. The van der Waals surface area contributed by atoms with Gasteiger partial charge in [0.2, 0.25) is 0 Å². The van der Waals surface area contributed by atoms with Crippen LogP contribution >= 0.6 is 31.9 Å². The molecule has 21 heavy (non-hydrogen) atoms. The number of hydrogen-bond donors (Lipinski definition) is 0. The molecule has 1 aromatic heterocycles. The van der Waals surface area contributed by atoms with Gasteiger partial charge in [0, 0.05) is 11.5 Å². The van der Waals surface area contributed by atoms with E-state index in [-0.39, 0.29) is 0 Å². The second-order valence-corrected chi connectivity index (χ2v) is 6.56. The van der Waals surface area contributed by atoms with E-state index >= 15 is 0 Å². The van der Waals surface area contributed by atoms with Gasteiger partial charge in [0.25, 0.3) is 11.7 Å². The second-order valence-electron chi connectivity index (χ2n) is 4.85.